The topological polar surface area (TPSA) is 165 Å². The van der Waals surface area contributed by atoms with Gasteiger partial charge < -0.3 is 31.0 Å². The molecule has 4 heterocycles. The van der Waals surface area contributed by atoms with Crippen LogP contribution >= 0.6 is 0 Å². The molecule has 1 saturated carbocycles. The maximum Gasteiger partial charge on any atom is 0.323 e. The second kappa shape index (κ2) is 7.45. The number of anilines is 3. The molecule has 1 aromatic carbocycles. The Bertz CT molecular complexity index is 1420. The number of aliphatic hydroxyl groups is 1. The van der Waals surface area contributed by atoms with Crippen molar-refractivity contribution in [3.8, 4) is 0 Å². The molecule has 0 radical (unpaired) electrons. The van der Waals surface area contributed by atoms with Crippen molar-refractivity contribution < 1.29 is 9.90 Å². The highest BCUT2D eigenvalue weighted by Gasteiger charge is 2.31. The number of aliphatic hydroxyl groups excluding tert-OH is 1. The number of H-pyrrole nitrogens is 2. The molecule has 1 fully saturated rings. The number of hydrogen-bond donors (Lipinski definition) is 6. The fourth-order valence-electron chi connectivity index (χ4n) is 4.09. The Morgan fingerprint density at radius 2 is 2.03 bits per heavy atom. The molecular weight excluding hydrogens is 426 g/mol. The van der Waals surface area contributed by atoms with E-state index in [0.29, 0.717) is 41.1 Å². The van der Waals surface area contributed by atoms with Gasteiger partial charge in [0.05, 0.1) is 11.9 Å². The van der Waals surface area contributed by atoms with E-state index in [2.05, 4.69) is 41.0 Å². The van der Waals surface area contributed by atoms with Crippen molar-refractivity contribution in [2.45, 2.75) is 37.6 Å². The fourth-order valence-corrected chi connectivity index (χ4v) is 4.09. The molecule has 0 saturated heterocycles. The minimum absolute atomic E-state index is 0.194. The third kappa shape index (κ3) is 3.49. The zero-order valence-corrected chi connectivity index (χ0v) is 17.4. The van der Waals surface area contributed by atoms with Crippen molar-refractivity contribution in [2.24, 2.45) is 0 Å². The number of fused-ring (bicyclic) bond motifs is 2. The van der Waals surface area contributed by atoms with Crippen molar-refractivity contribution >= 4 is 29.5 Å². The van der Waals surface area contributed by atoms with E-state index in [0.717, 1.165) is 24.1 Å². The lowest BCUT2D eigenvalue weighted by Gasteiger charge is -2.18. The molecule has 6 rings (SSSR count). The van der Waals surface area contributed by atoms with Crippen molar-refractivity contribution in [2.75, 3.05) is 16.0 Å². The first-order valence-electron chi connectivity index (χ1n) is 10.7. The van der Waals surface area contributed by atoms with Crippen molar-refractivity contribution in [3.05, 3.63) is 63.5 Å². The first kappa shape index (κ1) is 19.5. The molecule has 0 bridgehead atoms. The average Bonchev–Trinajstić information content (AvgIpc) is 3.29. The first-order chi connectivity index (χ1) is 16.1. The summed E-state index contributed by atoms with van der Waals surface area (Å²) in [5.74, 6) is 0.858. The van der Waals surface area contributed by atoms with Crippen molar-refractivity contribution in [3.63, 3.8) is 0 Å². The monoisotopic (exact) mass is 447 g/mol. The summed E-state index contributed by atoms with van der Waals surface area (Å²) in [6.45, 7) is 0. The number of hydrogen-bond acceptors (Lipinski definition) is 9. The highest BCUT2D eigenvalue weighted by atomic mass is 16.3. The summed E-state index contributed by atoms with van der Waals surface area (Å²) in [6, 6.07) is 7.54. The molecule has 2 aliphatic rings. The molecule has 168 valence electrons. The van der Waals surface area contributed by atoms with Gasteiger partial charge in [0.1, 0.15) is 18.0 Å². The summed E-state index contributed by atoms with van der Waals surface area (Å²) in [6.07, 6.45) is 3.76. The van der Waals surface area contributed by atoms with Crippen LogP contribution in [0.3, 0.4) is 0 Å². The summed E-state index contributed by atoms with van der Waals surface area (Å²) >= 11 is 0. The number of rotatable bonds is 7. The van der Waals surface area contributed by atoms with Crippen LogP contribution in [0.4, 0.5) is 17.6 Å². The molecule has 2 atom stereocenters. The number of aromatic nitrogens is 6. The molecule has 3 aromatic heterocycles. The molecule has 1 aliphatic carbocycles. The van der Waals surface area contributed by atoms with Gasteiger partial charge in [-0.3, -0.25) is 4.79 Å². The predicted octanol–water partition coefficient (Wildman–Crippen LogP) is 1.02. The normalized spacial score (nSPS) is 19.3. The van der Waals surface area contributed by atoms with E-state index in [-0.39, 0.29) is 12.1 Å². The van der Waals surface area contributed by atoms with E-state index in [1.165, 1.54) is 0 Å². The summed E-state index contributed by atoms with van der Waals surface area (Å²) in [4.78, 5) is 37.4. The molecule has 2 unspecified atom stereocenters. The van der Waals surface area contributed by atoms with Crippen molar-refractivity contribution in [1.29, 1.82) is 0 Å². The molecule has 12 nitrogen and oxygen atoms in total. The van der Waals surface area contributed by atoms with Gasteiger partial charge in [0.25, 0.3) is 0 Å². The smallest absolute Gasteiger partial charge is 0.323 e. The molecule has 0 amide bonds. The number of para-hydroxylation sites is 1. The molecular formula is C21H21N9O3. The van der Waals surface area contributed by atoms with Gasteiger partial charge in [0, 0.05) is 29.3 Å². The number of benzene rings is 1. The summed E-state index contributed by atoms with van der Waals surface area (Å²) < 4.78 is 1.61. The molecule has 0 spiro atoms. The van der Waals surface area contributed by atoms with Crippen LogP contribution in [0.25, 0.3) is 5.65 Å². The van der Waals surface area contributed by atoms with Gasteiger partial charge >= 0.3 is 5.69 Å². The van der Waals surface area contributed by atoms with Gasteiger partial charge in [0.2, 0.25) is 11.9 Å². The van der Waals surface area contributed by atoms with Crippen LogP contribution in [0.1, 0.15) is 46.2 Å². The lowest BCUT2D eigenvalue weighted by molar-refractivity contribution is 0.111. The highest BCUT2D eigenvalue weighted by molar-refractivity contribution is 5.74. The third-order valence-corrected chi connectivity index (χ3v) is 5.87. The lowest BCUT2D eigenvalue weighted by Crippen LogP contribution is -2.26. The van der Waals surface area contributed by atoms with E-state index in [4.69, 9.17) is 0 Å². The van der Waals surface area contributed by atoms with Crippen LogP contribution in [0, 0.1) is 0 Å². The second-order valence-corrected chi connectivity index (χ2v) is 8.26. The Morgan fingerprint density at radius 1 is 1.18 bits per heavy atom. The van der Waals surface area contributed by atoms with Gasteiger partial charge in [-0.1, -0.05) is 18.2 Å². The molecule has 1 aliphatic heterocycles. The average molecular weight is 447 g/mol. The van der Waals surface area contributed by atoms with E-state index in [1.807, 2.05) is 24.3 Å². The minimum atomic E-state index is -0.841. The SMILES string of the molecule is O=Cc1[nH]c(=O)[nH]c1Cc1cnn2c(NC3CC3)nc(NC3c4ccccc4NC3O)nc12. The summed E-state index contributed by atoms with van der Waals surface area (Å²) in [5, 5.41) is 24.6. The van der Waals surface area contributed by atoms with Crippen LogP contribution in [0.15, 0.2) is 35.3 Å². The Balaban J connectivity index is 1.40. The van der Waals surface area contributed by atoms with Crippen LogP contribution in [0.2, 0.25) is 0 Å². The molecule has 6 N–H and O–H groups in total. The Kier molecular flexibility index (Phi) is 4.40. The molecule has 4 aromatic rings. The van der Waals surface area contributed by atoms with Gasteiger partial charge in [-0.05, 0) is 18.9 Å². The number of aldehydes is 1. The number of carbonyl (C=O) groups is 1. The first-order valence-corrected chi connectivity index (χ1v) is 10.7. The van der Waals surface area contributed by atoms with Crippen LogP contribution < -0.4 is 21.6 Å². The number of carbonyl (C=O) groups excluding carboxylic acids is 1. The van der Waals surface area contributed by atoms with Crippen LogP contribution in [-0.2, 0) is 6.42 Å². The van der Waals surface area contributed by atoms with Crippen LogP contribution in [0.5, 0.6) is 0 Å². The predicted molar refractivity (Wildman–Crippen MR) is 119 cm³/mol. The fraction of sp³-hybridized carbons (Fsp3) is 0.286. The standard InChI is InChI=1S/C21H21N9O3/c31-9-15-14(25-21(33)26-15)7-10-8-22-30-17(10)28-19(29-20(30)23-11-5-6-11)27-16-12-3-1-2-4-13(12)24-18(16)32/h1-4,8-9,11,16,18,24,32H,5-7H2,(H2,25,26,33)(H2,23,27,28,29). The largest absolute Gasteiger partial charge is 0.371 e. The van der Waals surface area contributed by atoms with Crippen molar-refractivity contribution in [1.82, 2.24) is 29.5 Å². The summed E-state index contributed by atoms with van der Waals surface area (Å²) in [5.41, 5.74) is 3.21. The van der Waals surface area contributed by atoms with Crippen LogP contribution in [-0.4, -0.2) is 53.2 Å². The highest BCUT2D eigenvalue weighted by Crippen LogP contribution is 2.35. The Labute approximate surface area is 186 Å². The molecule has 12 heteroatoms. The second-order valence-electron chi connectivity index (χ2n) is 8.26. The van der Waals surface area contributed by atoms with E-state index >= 15 is 0 Å². The van der Waals surface area contributed by atoms with Gasteiger partial charge in [-0.2, -0.15) is 19.6 Å². The lowest BCUT2D eigenvalue weighted by atomic mass is 10.1. The van der Waals surface area contributed by atoms with Gasteiger partial charge in [-0.15, -0.1) is 0 Å². The minimum Gasteiger partial charge on any atom is -0.371 e. The number of aromatic amines is 2. The maximum atomic E-state index is 11.7. The maximum absolute atomic E-state index is 11.7. The number of nitrogens with zero attached hydrogens (tertiary/aromatic N) is 4. The Hall–Kier alpha value is -4.19. The summed E-state index contributed by atoms with van der Waals surface area (Å²) in [7, 11) is 0. The Morgan fingerprint density at radius 3 is 2.85 bits per heavy atom. The molecule has 33 heavy (non-hydrogen) atoms. The van der Waals surface area contributed by atoms with E-state index in [1.54, 1.807) is 10.7 Å². The zero-order chi connectivity index (χ0) is 22.5. The third-order valence-electron chi connectivity index (χ3n) is 5.87. The number of nitrogens with one attached hydrogen (secondary N) is 5. The zero-order valence-electron chi connectivity index (χ0n) is 17.4. The number of imidazole rings is 1. The van der Waals surface area contributed by atoms with E-state index in [9.17, 15) is 14.7 Å². The van der Waals surface area contributed by atoms with Gasteiger partial charge in [0.15, 0.2) is 11.9 Å². The van der Waals surface area contributed by atoms with Gasteiger partial charge in [-0.25, -0.2) is 4.79 Å². The quantitative estimate of drug-likeness (QED) is 0.227. The van der Waals surface area contributed by atoms with E-state index < -0.39 is 18.0 Å².